The van der Waals surface area contributed by atoms with E-state index in [1.165, 1.54) is 4.88 Å². The second kappa shape index (κ2) is 10.1. The van der Waals surface area contributed by atoms with Gasteiger partial charge in [-0.1, -0.05) is 6.92 Å². The Morgan fingerprint density at radius 1 is 1.29 bits per heavy atom. The number of carbonyl (C=O) groups excluding carboxylic acids is 1. The Morgan fingerprint density at radius 2 is 2.00 bits per heavy atom. The second-order valence-corrected chi connectivity index (χ2v) is 7.41. The molecule has 0 unspecified atom stereocenters. The van der Waals surface area contributed by atoms with Crippen LogP contribution in [0.2, 0.25) is 0 Å². The minimum Gasteiger partial charge on any atom is -0.444 e. The highest BCUT2D eigenvalue weighted by Crippen LogP contribution is 2.12. The van der Waals surface area contributed by atoms with E-state index in [0.29, 0.717) is 19.6 Å². The molecule has 1 heterocycles. The minimum atomic E-state index is -0.470. The number of hydrogen-bond donors (Lipinski definition) is 3. The molecule has 0 saturated heterocycles. The fourth-order valence-electron chi connectivity index (χ4n) is 1.77. The zero-order valence-electron chi connectivity index (χ0n) is 15.2. The molecule has 0 radical (unpaired) electrons. The Labute approximate surface area is 148 Å². The van der Waals surface area contributed by atoms with Crippen LogP contribution in [-0.4, -0.2) is 42.8 Å². The number of aliphatic imine (C=N–C) groups is 1. The molecule has 1 aromatic heterocycles. The summed E-state index contributed by atoms with van der Waals surface area (Å²) < 4.78 is 5.17. The van der Waals surface area contributed by atoms with Gasteiger partial charge in [-0.3, -0.25) is 4.99 Å². The maximum atomic E-state index is 11.5. The molecule has 136 valence electrons. The van der Waals surface area contributed by atoms with E-state index >= 15 is 0 Å². The van der Waals surface area contributed by atoms with Gasteiger partial charge >= 0.3 is 6.09 Å². The van der Waals surface area contributed by atoms with Crippen molar-refractivity contribution in [2.24, 2.45) is 4.99 Å². The molecule has 1 amide bonds. The summed E-state index contributed by atoms with van der Waals surface area (Å²) in [5.41, 5.74) is -0.470. The van der Waals surface area contributed by atoms with Crippen LogP contribution in [-0.2, 0) is 17.7 Å². The van der Waals surface area contributed by atoms with Gasteiger partial charge in [0.15, 0.2) is 5.96 Å². The number of hydrogen-bond acceptors (Lipinski definition) is 5. The lowest BCUT2D eigenvalue weighted by molar-refractivity contribution is 0.0527. The molecule has 0 saturated carbocycles. The van der Waals surface area contributed by atoms with Gasteiger partial charge in [0, 0.05) is 31.2 Å². The van der Waals surface area contributed by atoms with Crippen molar-refractivity contribution in [3.05, 3.63) is 16.1 Å². The molecule has 1 rings (SSSR count). The smallest absolute Gasteiger partial charge is 0.407 e. The summed E-state index contributed by atoms with van der Waals surface area (Å²) in [5, 5.41) is 10.2. The average Bonchev–Trinajstić information content (AvgIpc) is 2.96. The van der Waals surface area contributed by atoms with Crippen molar-refractivity contribution in [3.8, 4) is 0 Å². The Balaban J connectivity index is 2.17. The van der Waals surface area contributed by atoms with Gasteiger partial charge < -0.3 is 20.7 Å². The number of amides is 1. The number of nitrogens with one attached hydrogen (secondary N) is 3. The van der Waals surface area contributed by atoms with Crippen molar-refractivity contribution >= 4 is 23.4 Å². The lowest BCUT2D eigenvalue weighted by atomic mass is 10.2. The maximum absolute atomic E-state index is 11.5. The predicted molar refractivity (Wildman–Crippen MR) is 98.5 cm³/mol. The molecule has 1 aromatic rings. The summed E-state index contributed by atoms with van der Waals surface area (Å²) in [6.45, 7) is 9.55. The number of aromatic nitrogens is 1. The van der Waals surface area contributed by atoms with Gasteiger partial charge in [-0.05, 0) is 33.6 Å². The van der Waals surface area contributed by atoms with Gasteiger partial charge in [0.2, 0.25) is 0 Å². The molecule has 0 fully saturated rings. The van der Waals surface area contributed by atoms with Crippen molar-refractivity contribution in [1.29, 1.82) is 0 Å². The molecule has 0 aromatic carbocycles. The number of guanidine groups is 1. The third-order valence-corrected chi connectivity index (χ3v) is 4.04. The third-order valence-electron chi connectivity index (χ3n) is 2.89. The highest BCUT2D eigenvalue weighted by atomic mass is 32.1. The van der Waals surface area contributed by atoms with Gasteiger partial charge in [0.05, 0.1) is 6.54 Å². The van der Waals surface area contributed by atoms with Crippen molar-refractivity contribution in [2.75, 3.05) is 20.1 Å². The van der Waals surface area contributed by atoms with Crippen molar-refractivity contribution in [3.63, 3.8) is 0 Å². The van der Waals surface area contributed by atoms with Crippen LogP contribution in [0.1, 0.15) is 44.0 Å². The van der Waals surface area contributed by atoms with Gasteiger partial charge in [0.1, 0.15) is 10.6 Å². The number of alkyl carbamates (subject to hydrolysis) is 1. The van der Waals surface area contributed by atoms with E-state index in [2.05, 4.69) is 32.9 Å². The Kier molecular flexibility index (Phi) is 8.53. The Hall–Kier alpha value is -1.83. The quantitative estimate of drug-likeness (QED) is 0.397. The third kappa shape index (κ3) is 8.71. The molecule has 0 atom stereocenters. The van der Waals surface area contributed by atoms with Crippen LogP contribution in [0.5, 0.6) is 0 Å². The van der Waals surface area contributed by atoms with E-state index in [4.69, 9.17) is 4.74 Å². The molecule has 0 aliphatic carbocycles. The number of thiazole rings is 1. The summed E-state index contributed by atoms with van der Waals surface area (Å²) in [7, 11) is 1.73. The monoisotopic (exact) mass is 355 g/mol. The lowest BCUT2D eigenvalue weighted by Gasteiger charge is -2.19. The fourth-order valence-corrected chi connectivity index (χ4v) is 2.58. The van der Waals surface area contributed by atoms with Crippen molar-refractivity contribution < 1.29 is 9.53 Å². The van der Waals surface area contributed by atoms with Gasteiger partial charge in [-0.2, -0.15) is 0 Å². The van der Waals surface area contributed by atoms with Crippen molar-refractivity contribution in [2.45, 2.75) is 52.7 Å². The normalized spacial score (nSPS) is 12.0. The lowest BCUT2D eigenvalue weighted by Crippen LogP contribution is -2.39. The van der Waals surface area contributed by atoms with Crippen LogP contribution in [0.15, 0.2) is 11.2 Å². The molecular weight excluding hydrogens is 326 g/mol. The zero-order valence-corrected chi connectivity index (χ0v) is 16.0. The molecule has 8 heteroatoms. The Bertz CT molecular complexity index is 537. The first-order valence-electron chi connectivity index (χ1n) is 8.19. The number of aryl methyl sites for hydroxylation is 1. The molecule has 0 aliphatic heterocycles. The highest BCUT2D eigenvalue weighted by Gasteiger charge is 2.15. The molecule has 0 bridgehead atoms. The summed E-state index contributed by atoms with van der Waals surface area (Å²) in [5.74, 6) is 0.723. The minimum absolute atomic E-state index is 0.388. The van der Waals surface area contributed by atoms with Crippen LogP contribution in [0, 0.1) is 0 Å². The van der Waals surface area contributed by atoms with Crippen LogP contribution in [0.4, 0.5) is 4.79 Å². The SMILES string of the molecule is CCc1cnc(CNC(=NC)NCCCNC(=O)OC(C)(C)C)s1. The van der Waals surface area contributed by atoms with E-state index in [9.17, 15) is 4.79 Å². The average molecular weight is 356 g/mol. The van der Waals surface area contributed by atoms with E-state index in [1.54, 1.807) is 18.4 Å². The first-order chi connectivity index (χ1) is 11.3. The van der Waals surface area contributed by atoms with Crippen LogP contribution < -0.4 is 16.0 Å². The summed E-state index contributed by atoms with van der Waals surface area (Å²) >= 11 is 1.71. The zero-order chi connectivity index (χ0) is 18.0. The number of rotatable bonds is 7. The van der Waals surface area contributed by atoms with Gasteiger partial charge in [-0.15, -0.1) is 11.3 Å². The van der Waals surface area contributed by atoms with E-state index in [0.717, 1.165) is 23.8 Å². The molecule has 0 aliphatic rings. The standard InChI is InChI=1S/C16H29N5O2S/c1-6-12-10-20-13(24-12)11-21-14(17-5)18-8-7-9-19-15(22)23-16(2,3)4/h10H,6-9,11H2,1-5H3,(H,19,22)(H2,17,18,21). The molecule has 0 spiro atoms. The number of ether oxygens (including phenoxy) is 1. The molecule has 7 nitrogen and oxygen atoms in total. The van der Waals surface area contributed by atoms with E-state index in [-0.39, 0.29) is 6.09 Å². The van der Waals surface area contributed by atoms with Crippen LogP contribution >= 0.6 is 11.3 Å². The van der Waals surface area contributed by atoms with E-state index < -0.39 is 5.60 Å². The predicted octanol–water partition coefficient (Wildman–Crippen LogP) is 2.29. The molecule has 24 heavy (non-hydrogen) atoms. The molecule has 3 N–H and O–H groups in total. The van der Waals surface area contributed by atoms with Crippen LogP contribution in [0.3, 0.4) is 0 Å². The maximum Gasteiger partial charge on any atom is 0.407 e. The second-order valence-electron chi connectivity index (χ2n) is 6.21. The number of nitrogens with zero attached hydrogens (tertiary/aromatic N) is 2. The summed E-state index contributed by atoms with van der Waals surface area (Å²) in [6, 6.07) is 0. The van der Waals surface area contributed by atoms with Crippen LogP contribution in [0.25, 0.3) is 0 Å². The van der Waals surface area contributed by atoms with Crippen molar-refractivity contribution in [1.82, 2.24) is 20.9 Å². The number of carbonyl (C=O) groups is 1. The van der Waals surface area contributed by atoms with Gasteiger partial charge in [-0.25, -0.2) is 9.78 Å². The Morgan fingerprint density at radius 3 is 2.58 bits per heavy atom. The van der Waals surface area contributed by atoms with Gasteiger partial charge in [0.25, 0.3) is 0 Å². The molecular formula is C16H29N5O2S. The first-order valence-corrected chi connectivity index (χ1v) is 9.00. The fraction of sp³-hybridized carbons (Fsp3) is 0.688. The topological polar surface area (TPSA) is 87.6 Å². The summed E-state index contributed by atoms with van der Waals surface area (Å²) in [6.07, 6.45) is 3.31. The van der Waals surface area contributed by atoms with E-state index in [1.807, 2.05) is 27.0 Å². The largest absolute Gasteiger partial charge is 0.444 e. The summed E-state index contributed by atoms with van der Waals surface area (Å²) in [4.78, 5) is 21.3. The first kappa shape index (κ1) is 20.2. The highest BCUT2D eigenvalue weighted by molar-refractivity contribution is 7.11.